The highest BCUT2D eigenvalue weighted by Gasteiger charge is 2.28. The van der Waals surface area contributed by atoms with Crippen LogP contribution in [0.1, 0.15) is 42.9 Å². The number of amides is 2. The maximum absolute atomic E-state index is 13.3. The summed E-state index contributed by atoms with van der Waals surface area (Å²) in [6.07, 6.45) is 1.91. The number of anilines is 1. The van der Waals surface area contributed by atoms with Gasteiger partial charge in [0.2, 0.25) is 21.8 Å². The molecule has 0 aromatic heterocycles. The highest BCUT2D eigenvalue weighted by atomic mass is 35.5. The largest absolute Gasteiger partial charge is 0.357 e. The van der Waals surface area contributed by atoms with Crippen molar-refractivity contribution in [1.29, 1.82) is 0 Å². The third-order valence-corrected chi connectivity index (χ3v) is 7.70. The molecular formula is C25H33Cl2N3O4S. The third kappa shape index (κ3) is 7.85. The Kier molecular flexibility index (Phi) is 10.4. The SMILES string of the molecule is CC[C@@H](C(=O)NC)N(Cc1ccc(Cl)cc1Cl)C(=O)CCCN(c1ccc(C)c(C)c1)S(C)(=O)=O. The van der Waals surface area contributed by atoms with E-state index >= 15 is 0 Å². The molecule has 192 valence electrons. The second-order valence-corrected chi connectivity index (χ2v) is 11.3. The van der Waals surface area contributed by atoms with E-state index in [1.165, 1.54) is 16.3 Å². The van der Waals surface area contributed by atoms with Crippen LogP contribution in [0, 0.1) is 13.8 Å². The van der Waals surface area contributed by atoms with E-state index in [2.05, 4.69) is 5.32 Å². The molecule has 2 rings (SSSR count). The minimum Gasteiger partial charge on any atom is -0.357 e. The van der Waals surface area contributed by atoms with Crippen molar-refractivity contribution in [3.8, 4) is 0 Å². The Labute approximate surface area is 218 Å². The van der Waals surface area contributed by atoms with E-state index in [1.54, 1.807) is 24.3 Å². The Bertz CT molecular complexity index is 1170. The molecule has 1 N–H and O–H groups in total. The average molecular weight is 543 g/mol. The zero-order chi connectivity index (χ0) is 26.3. The minimum absolute atomic E-state index is 0.0650. The third-order valence-electron chi connectivity index (χ3n) is 5.92. The summed E-state index contributed by atoms with van der Waals surface area (Å²) < 4.78 is 26.3. The predicted octanol–water partition coefficient (Wildman–Crippen LogP) is 4.71. The lowest BCUT2D eigenvalue weighted by molar-refractivity contribution is -0.141. The fourth-order valence-corrected chi connectivity index (χ4v) is 5.23. The highest BCUT2D eigenvalue weighted by Crippen LogP contribution is 2.25. The number of hydrogen-bond acceptors (Lipinski definition) is 4. The van der Waals surface area contributed by atoms with Gasteiger partial charge in [-0.25, -0.2) is 8.42 Å². The van der Waals surface area contributed by atoms with E-state index in [0.29, 0.717) is 27.7 Å². The molecule has 10 heteroatoms. The molecule has 0 aliphatic carbocycles. The molecule has 2 aromatic rings. The van der Waals surface area contributed by atoms with Crippen molar-refractivity contribution in [2.75, 3.05) is 24.2 Å². The Balaban J connectivity index is 2.24. The van der Waals surface area contributed by atoms with Crippen molar-refractivity contribution in [2.24, 2.45) is 0 Å². The first kappa shape index (κ1) is 28.9. The number of carbonyl (C=O) groups excluding carboxylic acids is 2. The summed E-state index contributed by atoms with van der Waals surface area (Å²) in [4.78, 5) is 27.3. The van der Waals surface area contributed by atoms with Gasteiger partial charge in [-0.15, -0.1) is 0 Å². The molecule has 2 amide bonds. The van der Waals surface area contributed by atoms with Crippen LogP contribution in [0.2, 0.25) is 10.0 Å². The molecule has 0 unspecified atom stereocenters. The number of hydrogen-bond donors (Lipinski definition) is 1. The van der Waals surface area contributed by atoms with Crippen molar-refractivity contribution in [2.45, 2.75) is 52.6 Å². The van der Waals surface area contributed by atoms with Crippen molar-refractivity contribution in [1.82, 2.24) is 10.2 Å². The average Bonchev–Trinajstić information content (AvgIpc) is 2.78. The van der Waals surface area contributed by atoms with Crippen LogP contribution in [0.3, 0.4) is 0 Å². The molecule has 0 aliphatic heterocycles. The minimum atomic E-state index is -3.55. The lowest BCUT2D eigenvalue weighted by atomic mass is 10.1. The van der Waals surface area contributed by atoms with Gasteiger partial charge in [0.15, 0.2) is 0 Å². The first-order chi connectivity index (χ1) is 16.4. The summed E-state index contributed by atoms with van der Waals surface area (Å²) in [7, 11) is -2.02. The van der Waals surface area contributed by atoms with E-state index in [9.17, 15) is 18.0 Å². The molecule has 35 heavy (non-hydrogen) atoms. The number of sulfonamides is 1. The van der Waals surface area contributed by atoms with E-state index in [-0.39, 0.29) is 37.7 Å². The number of carbonyl (C=O) groups is 2. The standard InChI is InChI=1S/C25H33Cl2N3O4S/c1-6-23(25(32)28-4)29(16-19-10-11-20(26)15-22(19)27)24(31)8-7-13-30(35(5,33)34)21-12-9-17(2)18(3)14-21/h9-12,14-15,23H,6-8,13,16H2,1-5H3,(H,28,32)/t23-/m0/s1. The fraction of sp³-hybridized carbons (Fsp3) is 0.440. The number of likely N-dealkylation sites (N-methyl/N-ethyl adjacent to an activating group) is 1. The number of benzene rings is 2. The zero-order valence-electron chi connectivity index (χ0n) is 20.8. The summed E-state index contributed by atoms with van der Waals surface area (Å²) in [5.41, 5.74) is 3.27. The number of nitrogens with one attached hydrogen (secondary N) is 1. The molecule has 0 saturated carbocycles. The quantitative estimate of drug-likeness (QED) is 0.446. The van der Waals surface area contributed by atoms with Crippen LogP contribution in [0.25, 0.3) is 0 Å². The number of nitrogens with zero attached hydrogens (tertiary/aromatic N) is 2. The van der Waals surface area contributed by atoms with Gasteiger partial charge < -0.3 is 10.2 Å². The normalized spacial score (nSPS) is 12.2. The van der Waals surface area contributed by atoms with Gasteiger partial charge in [-0.1, -0.05) is 42.3 Å². The lowest BCUT2D eigenvalue weighted by Crippen LogP contribution is -2.48. The molecule has 0 heterocycles. The summed E-state index contributed by atoms with van der Waals surface area (Å²) in [6, 6.07) is 9.78. The number of rotatable bonds is 11. The Morgan fingerprint density at radius 3 is 2.29 bits per heavy atom. The summed E-state index contributed by atoms with van der Waals surface area (Å²) in [5.74, 6) is -0.543. The first-order valence-corrected chi connectivity index (χ1v) is 14.0. The van der Waals surface area contributed by atoms with Gasteiger partial charge in [-0.2, -0.15) is 0 Å². The first-order valence-electron chi connectivity index (χ1n) is 11.4. The summed E-state index contributed by atoms with van der Waals surface area (Å²) in [5, 5.41) is 3.49. The van der Waals surface area contributed by atoms with Gasteiger partial charge in [-0.05, 0) is 67.6 Å². The molecule has 7 nitrogen and oxygen atoms in total. The lowest BCUT2D eigenvalue weighted by Gasteiger charge is -2.31. The van der Waals surface area contributed by atoms with Crippen LogP contribution >= 0.6 is 23.2 Å². The van der Waals surface area contributed by atoms with Crippen LogP contribution < -0.4 is 9.62 Å². The van der Waals surface area contributed by atoms with Crippen molar-refractivity contribution in [3.05, 3.63) is 63.1 Å². The van der Waals surface area contributed by atoms with Gasteiger partial charge in [-0.3, -0.25) is 13.9 Å². The van der Waals surface area contributed by atoms with Crippen molar-refractivity contribution < 1.29 is 18.0 Å². The van der Waals surface area contributed by atoms with Crippen LogP contribution in [0.4, 0.5) is 5.69 Å². The van der Waals surface area contributed by atoms with Crippen LogP contribution in [-0.4, -0.2) is 51.0 Å². The van der Waals surface area contributed by atoms with E-state index < -0.39 is 16.1 Å². The van der Waals surface area contributed by atoms with Crippen LogP contribution in [0.5, 0.6) is 0 Å². The van der Waals surface area contributed by atoms with Crippen molar-refractivity contribution in [3.63, 3.8) is 0 Å². The molecule has 0 aliphatic rings. The molecule has 0 fully saturated rings. The van der Waals surface area contributed by atoms with Gasteiger partial charge in [0, 0.05) is 36.6 Å². The van der Waals surface area contributed by atoms with E-state index in [4.69, 9.17) is 23.2 Å². The van der Waals surface area contributed by atoms with E-state index in [1.807, 2.05) is 32.9 Å². The molecule has 2 aromatic carbocycles. The molecule has 1 atom stereocenters. The molecular weight excluding hydrogens is 509 g/mol. The van der Waals surface area contributed by atoms with Gasteiger partial charge in [0.1, 0.15) is 6.04 Å². The predicted molar refractivity (Wildman–Crippen MR) is 142 cm³/mol. The Morgan fingerprint density at radius 2 is 1.74 bits per heavy atom. The highest BCUT2D eigenvalue weighted by molar-refractivity contribution is 7.92. The Morgan fingerprint density at radius 1 is 1.06 bits per heavy atom. The fourth-order valence-electron chi connectivity index (χ4n) is 3.80. The molecule has 0 saturated heterocycles. The number of halogens is 2. The smallest absolute Gasteiger partial charge is 0.242 e. The van der Waals surface area contributed by atoms with Crippen molar-refractivity contribution >= 4 is 50.7 Å². The van der Waals surface area contributed by atoms with Gasteiger partial charge >= 0.3 is 0 Å². The summed E-state index contributed by atoms with van der Waals surface area (Å²) >= 11 is 12.3. The summed E-state index contributed by atoms with van der Waals surface area (Å²) in [6.45, 7) is 5.98. The van der Waals surface area contributed by atoms with Crippen LogP contribution in [0.15, 0.2) is 36.4 Å². The number of aryl methyl sites for hydroxylation is 2. The zero-order valence-corrected chi connectivity index (χ0v) is 23.1. The molecule has 0 bridgehead atoms. The van der Waals surface area contributed by atoms with Gasteiger partial charge in [0.25, 0.3) is 0 Å². The van der Waals surface area contributed by atoms with Crippen LogP contribution in [-0.2, 0) is 26.2 Å². The molecule has 0 spiro atoms. The maximum Gasteiger partial charge on any atom is 0.242 e. The second kappa shape index (κ2) is 12.6. The van der Waals surface area contributed by atoms with E-state index in [0.717, 1.165) is 17.4 Å². The second-order valence-electron chi connectivity index (χ2n) is 8.50. The monoisotopic (exact) mass is 541 g/mol. The van der Waals surface area contributed by atoms with Gasteiger partial charge in [0.05, 0.1) is 11.9 Å². The topological polar surface area (TPSA) is 86.8 Å². The maximum atomic E-state index is 13.3. The Hall–Kier alpha value is -2.29. The molecule has 0 radical (unpaired) electrons.